The zero-order chi connectivity index (χ0) is 15.3. The highest BCUT2D eigenvalue weighted by Crippen LogP contribution is 2.34. The Kier molecular flexibility index (Phi) is 5.72. The van der Waals surface area contributed by atoms with Gasteiger partial charge in [-0.3, -0.25) is 4.90 Å². The van der Waals surface area contributed by atoms with Crippen LogP contribution < -0.4 is 5.32 Å². The predicted molar refractivity (Wildman–Crippen MR) is 80.9 cm³/mol. The summed E-state index contributed by atoms with van der Waals surface area (Å²) in [7, 11) is 0. The molecule has 1 N–H and O–H groups in total. The third-order valence-electron chi connectivity index (χ3n) is 3.63. The first-order chi connectivity index (χ1) is 10.0. The highest BCUT2D eigenvalue weighted by atomic mass is 16.5. The first-order valence-electron chi connectivity index (χ1n) is 7.88. The van der Waals surface area contributed by atoms with E-state index in [1.165, 1.54) is 0 Å². The topological polar surface area (TPSA) is 63.4 Å². The molecule has 0 aliphatic carbocycles. The van der Waals surface area contributed by atoms with Gasteiger partial charge in [0, 0.05) is 19.7 Å². The van der Waals surface area contributed by atoms with Crippen molar-refractivity contribution in [3.05, 3.63) is 11.7 Å². The molecule has 120 valence electrons. The molecular weight excluding hydrogens is 268 g/mol. The summed E-state index contributed by atoms with van der Waals surface area (Å²) in [5.74, 6) is 1.34. The van der Waals surface area contributed by atoms with E-state index in [9.17, 15) is 0 Å². The highest BCUT2D eigenvalue weighted by molar-refractivity contribution is 4.96. The molecule has 2 heterocycles. The summed E-state index contributed by atoms with van der Waals surface area (Å²) in [6.45, 7) is 13.9. The molecule has 1 saturated heterocycles. The van der Waals surface area contributed by atoms with Crippen LogP contribution in [0.15, 0.2) is 4.52 Å². The summed E-state index contributed by atoms with van der Waals surface area (Å²) in [5, 5.41) is 7.53. The van der Waals surface area contributed by atoms with E-state index < -0.39 is 0 Å². The number of hydrogen-bond acceptors (Lipinski definition) is 6. The molecule has 2 rings (SSSR count). The third-order valence-corrected chi connectivity index (χ3v) is 3.63. The molecule has 0 radical (unpaired) electrons. The van der Waals surface area contributed by atoms with E-state index in [1.807, 2.05) is 6.92 Å². The highest BCUT2D eigenvalue weighted by Gasteiger charge is 2.31. The van der Waals surface area contributed by atoms with Crippen molar-refractivity contribution in [3.8, 4) is 0 Å². The quantitative estimate of drug-likeness (QED) is 0.896. The minimum absolute atomic E-state index is 0.0519. The molecule has 0 amide bonds. The van der Waals surface area contributed by atoms with Crippen LogP contribution in [0.5, 0.6) is 0 Å². The van der Waals surface area contributed by atoms with Crippen LogP contribution in [0.3, 0.4) is 0 Å². The fraction of sp³-hybridized carbons (Fsp3) is 0.867. The van der Waals surface area contributed by atoms with Gasteiger partial charge >= 0.3 is 0 Å². The molecule has 0 spiro atoms. The number of aromatic nitrogens is 2. The monoisotopic (exact) mass is 296 g/mol. The van der Waals surface area contributed by atoms with Crippen LogP contribution in [0.25, 0.3) is 0 Å². The number of nitrogens with zero attached hydrogens (tertiary/aromatic N) is 3. The standard InChI is InChI=1S/C15H28N4O2/c1-5-20-13(15(2,3)4)14-17-12(21-18-14)11-19-9-6-7-16-8-10-19/h13,16H,5-11H2,1-4H3. The van der Waals surface area contributed by atoms with E-state index in [0.717, 1.165) is 39.1 Å². The lowest BCUT2D eigenvalue weighted by Crippen LogP contribution is -2.28. The van der Waals surface area contributed by atoms with Crippen LogP contribution >= 0.6 is 0 Å². The first kappa shape index (κ1) is 16.4. The van der Waals surface area contributed by atoms with E-state index in [2.05, 4.69) is 41.1 Å². The smallest absolute Gasteiger partial charge is 0.240 e. The maximum atomic E-state index is 5.81. The maximum Gasteiger partial charge on any atom is 0.240 e. The van der Waals surface area contributed by atoms with Gasteiger partial charge in [-0.1, -0.05) is 25.9 Å². The van der Waals surface area contributed by atoms with Gasteiger partial charge in [-0.2, -0.15) is 4.98 Å². The van der Waals surface area contributed by atoms with Gasteiger partial charge in [-0.05, 0) is 31.8 Å². The van der Waals surface area contributed by atoms with Crippen LogP contribution in [-0.2, 0) is 11.3 Å². The normalized spacial score (nSPS) is 19.4. The van der Waals surface area contributed by atoms with Crippen LogP contribution in [0.1, 0.15) is 51.9 Å². The van der Waals surface area contributed by atoms with E-state index in [4.69, 9.17) is 9.26 Å². The Labute approximate surface area is 127 Å². The second-order valence-electron chi connectivity index (χ2n) is 6.63. The van der Waals surface area contributed by atoms with Crippen molar-refractivity contribution >= 4 is 0 Å². The van der Waals surface area contributed by atoms with Gasteiger partial charge in [-0.25, -0.2) is 0 Å². The molecule has 0 aromatic carbocycles. The summed E-state index contributed by atoms with van der Waals surface area (Å²) >= 11 is 0. The minimum atomic E-state index is -0.134. The lowest BCUT2D eigenvalue weighted by Gasteiger charge is -2.27. The van der Waals surface area contributed by atoms with Gasteiger partial charge in [0.2, 0.25) is 11.7 Å². The second-order valence-corrected chi connectivity index (χ2v) is 6.63. The van der Waals surface area contributed by atoms with Crippen molar-refractivity contribution in [2.45, 2.75) is 46.8 Å². The van der Waals surface area contributed by atoms with Crippen LogP contribution in [0, 0.1) is 5.41 Å². The van der Waals surface area contributed by atoms with Crippen LogP contribution in [-0.4, -0.2) is 47.8 Å². The molecule has 6 heteroatoms. The van der Waals surface area contributed by atoms with Crippen LogP contribution in [0.2, 0.25) is 0 Å². The summed E-state index contributed by atoms with van der Waals surface area (Å²) < 4.78 is 11.2. The zero-order valence-corrected chi connectivity index (χ0v) is 13.7. The van der Waals surface area contributed by atoms with Crippen molar-refractivity contribution in [1.82, 2.24) is 20.4 Å². The van der Waals surface area contributed by atoms with Gasteiger partial charge in [0.25, 0.3) is 0 Å². The molecule has 0 saturated carbocycles. The van der Waals surface area contributed by atoms with Gasteiger partial charge in [0.1, 0.15) is 6.10 Å². The number of hydrogen-bond donors (Lipinski definition) is 1. The molecule has 21 heavy (non-hydrogen) atoms. The summed E-state index contributed by atoms with van der Waals surface area (Å²) in [6, 6.07) is 0. The molecule has 1 aliphatic heterocycles. The lowest BCUT2D eigenvalue weighted by molar-refractivity contribution is -0.0203. The van der Waals surface area contributed by atoms with E-state index in [1.54, 1.807) is 0 Å². The maximum absolute atomic E-state index is 5.81. The molecule has 1 fully saturated rings. The van der Waals surface area contributed by atoms with Crippen molar-refractivity contribution in [3.63, 3.8) is 0 Å². The number of rotatable bonds is 5. The Balaban J connectivity index is 2.02. The molecular formula is C15H28N4O2. The molecule has 0 bridgehead atoms. The Morgan fingerprint density at radius 3 is 2.86 bits per heavy atom. The van der Waals surface area contributed by atoms with Gasteiger partial charge in [0.05, 0.1) is 6.54 Å². The molecule has 1 aromatic rings. The van der Waals surface area contributed by atoms with Gasteiger partial charge < -0.3 is 14.6 Å². The van der Waals surface area contributed by atoms with Crippen LogP contribution in [0.4, 0.5) is 0 Å². The fourth-order valence-corrected chi connectivity index (χ4v) is 2.57. The minimum Gasteiger partial charge on any atom is -0.370 e. The largest absolute Gasteiger partial charge is 0.370 e. The Bertz CT molecular complexity index is 420. The number of ether oxygens (including phenoxy) is 1. The summed E-state index contributed by atoms with van der Waals surface area (Å²) in [4.78, 5) is 6.91. The Hall–Kier alpha value is -0.980. The molecule has 6 nitrogen and oxygen atoms in total. The first-order valence-corrected chi connectivity index (χ1v) is 7.88. The summed E-state index contributed by atoms with van der Waals surface area (Å²) in [6.07, 6.45) is 1.02. The van der Waals surface area contributed by atoms with E-state index >= 15 is 0 Å². The van der Waals surface area contributed by atoms with Crippen molar-refractivity contribution in [1.29, 1.82) is 0 Å². The average molecular weight is 296 g/mol. The predicted octanol–water partition coefficient (Wildman–Crippen LogP) is 1.99. The lowest BCUT2D eigenvalue weighted by atomic mass is 9.88. The Morgan fingerprint density at radius 2 is 2.14 bits per heavy atom. The summed E-state index contributed by atoms with van der Waals surface area (Å²) in [5.41, 5.74) is -0.0519. The average Bonchev–Trinajstić information content (AvgIpc) is 2.70. The SMILES string of the molecule is CCOC(c1noc(CN2CCCNCC2)n1)C(C)(C)C. The third kappa shape index (κ3) is 4.76. The van der Waals surface area contributed by atoms with Crippen molar-refractivity contribution in [2.24, 2.45) is 5.41 Å². The molecule has 1 atom stereocenters. The van der Waals surface area contributed by atoms with E-state index in [-0.39, 0.29) is 11.5 Å². The molecule has 1 unspecified atom stereocenters. The Morgan fingerprint density at radius 1 is 1.33 bits per heavy atom. The molecule has 1 aliphatic rings. The van der Waals surface area contributed by atoms with E-state index in [0.29, 0.717) is 18.3 Å². The van der Waals surface area contributed by atoms with Gasteiger partial charge in [-0.15, -0.1) is 0 Å². The zero-order valence-electron chi connectivity index (χ0n) is 13.7. The second kappa shape index (κ2) is 7.33. The number of nitrogens with one attached hydrogen (secondary N) is 1. The molecule has 1 aromatic heterocycles. The van der Waals surface area contributed by atoms with Gasteiger partial charge in [0.15, 0.2) is 0 Å². The fourth-order valence-electron chi connectivity index (χ4n) is 2.57. The van der Waals surface area contributed by atoms with Crippen molar-refractivity contribution < 1.29 is 9.26 Å². The van der Waals surface area contributed by atoms with Crippen molar-refractivity contribution in [2.75, 3.05) is 32.8 Å².